The number of ether oxygens (including phenoxy) is 3. The Morgan fingerprint density at radius 2 is 1.94 bits per heavy atom. The first-order chi connectivity index (χ1) is 17.5. The number of amides is 2. The van der Waals surface area contributed by atoms with E-state index < -0.39 is 12.2 Å². The molecule has 0 radical (unpaired) electrons. The minimum Gasteiger partial charge on any atom is -0.487 e. The monoisotopic (exact) mass is 498 g/mol. The molecule has 0 unspecified atom stereocenters. The third-order valence-corrected chi connectivity index (χ3v) is 7.15. The average molecular weight is 499 g/mol. The lowest BCUT2D eigenvalue weighted by atomic mass is 9.84. The first-order valence-electron chi connectivity index (χ1n) is 12.5. The van der Waals surface area contributed by atoms with Gasteiger partial charge < -0.3 is 30.0 Å². The summed E-state index contributed by atoms with van der Waals surface area (Å²) in [4.78, 5) is 25.3. The highest BCUT2D eigenvalue weighted by atomic mass is 19.1. The van der Waals surface area contributed by atoms with Crippen molar-refractivity contribution in [1.82, 2.24) is 5.32 Å². The summed E-state index contributed by atoms with van der Waals surface area (Å²) in [6.45, 7) is 1.18. The van der Waals surface area contributed by atoms with Crippen molar-refractivity contribution in [3.05, 3.63) is 59.4 Å². The van der Waals surface area contributed by atoms with Crippen LogP contribution >= 0.6 is 0 Å². The molecule has 2 saturated heterocycles. The Balaban J connectivity index is 1.23. The fourth-order valence-corrected chi connectivity index (χ4v) is 5.30. The lowest BCUT2D eigenvalue weighted by Crippen LogP contribution is -2.47. The van der Waals surface area contributed by atoms with Crippen LogP contribution in [0.25, 0.3) is 0 Å². The topological polar surface area (TPSA) is 106 Å². The van der Waals surface area contributed by atoms with Gasteiger partial charge in [0, 0.05) is 42.8 Å². The molecule has 0 aliphatic carbocycles. The average Bonchev–Trinajstić information content (AvgIpc) is 3.25. The molecule has 4 atom stereocenters. The van der Waals surface area contributed by atoms with Gasteiger partial charge in [0.25, 0.3) is 0 Å². The quantitative estimate of drug-likeness (QED) is 0.542. The van der Waals surface area contributed by atoms with E-state index in [1.807, 2.05) is 18.2 Å². The molecule has 2 amide bonds. The van der Waals surface area contributed by atoms with Crippen LogP contribution in [0.3, 0.4) is 0 Å². The maximum atomic E-state index is 13.4. The molecule has 36 heavy (non-hydrogen) atoms. The van der Waals surface area contributed by atoms with Gasteiger partial charge in [-0.05, 0) is 55.2 Å². The largest absolute Gasteiger partial charge is 0.487 e. The van der Waals surface area contributed by atoms with Crippen LogP contribution < -0.4 is 15.4 Å². The summed E-state index contributed by atoms with van der Waals surface area (Å²) >= 11 is 0. The Kier molecular flexibility index (Phi) is 7.50. The van der Waals surface area contributed by atoms with Crippen LogP contribution in [-0.4, -0.2) is 55.1 Å². The lowest BCUT2D eigenvalue weighted by Gasteiger charge is -2.37. The van der Waals surface area contributed by atoms with Gasteiger partial charge in [0.2, 0.25) is 11.8 Å². The molecule has 3 heterocycles. The Hall–Kier alpha value is -3.01. The minimum atomic E-state index is -0.572. The normalized spacial score (nSPS) is 25.4. The van der Waals surface area contributed by atoms with Crippen molar-refractivity contribution in [3.8, 4) is 5.75 Å². The van der Waals surface area contributed by atoms with Gasteiger partial charge in [-0.3, -0.25) is 9.59 Å². The molecule has 8 nitrogen and oxygen atoms in total. The molecule has 0 bridgehead atoms. The number of carbonyl (C=O) groups is 2. The predicted octanol–water partition coefficient (Wildman–Crippen LogP) is 2.89. The van der Waals surface area contributed by atoms with Gasteiger partial charge >= 0.3 is 0 Å². The van der Waals surface area contributed by atoms with E-state index in [4.69, 9.17) is 14.2 Å². The molecule has 0 aromatic heterocycles. The van der Waals surface area contributed by atoms with E-state index in [0.29, 0.717) is 49.5 Å². The Labute approximate surface area is 209 Å². The zero-order chi connectivity index (χ0) is 25.1. The molecule has 3 aliphatic heterocycles. The van der Waals surface area contributed by atoms with Crippen LogP contribution in [-0.2, 0) is 25.6 Å². The Morgan fingerprint density at radius 1 is 1.11 bits per heavy atom. The van der Waals surface area contributed by atoms with E-state index >= 15 is 0 Å². The summed E-state index contributed by atoms with van der Waals surface area (Å²) < 4.78 is 30.9. The number of nitrogens with one attached hydrogen (secondary N) is 2. The van der Waals surface area contributed by atoms with Crippen molar-refractivity contribution < 1.29 is 33.3 Å². The summed E-state index contributed by atoms with van der Waals surface area (Å²) in [5.74, 6) is -0.0116. The maximum absolute atomic E-state index is 13.4. The van der Waals surface area contributed by atoms with E-state index in [2.05, 4.69) is 10.6 Å². The molecular weight excluding hydrogens is 467 g/mol. The summed E-state index contributed by atoms with van der Waals surface area (Å²) in [6, 6.07) is 11.7. The minimum absolute atomic E-state index is 0.0122. The number of halogens is 1. The summed E-state index contributed by atoms with van der Waals surface area (Å²) in [6.07, 6.45) is 0.733. The van der Waals surface area contributed by atoms with Gasteiger partial charge in [-0.2, -0.15) is 0 Å². The number of carbonyl (C=O) groups excluding carboxylic acids is 2. The lowest BCUT2D eigenvalue weighted by molar-refractivity contribution is -0.142. The fraction of sp³-hybridized carbons (Fsp3) is 0.481. The standard InChI is InChI=1S/C27H31FN2O6/c28-18-3-1-2-16(10-18)14-29-25(32)13-20-12-22-21-11-19(30-27(33)17-6-8-34-9-7-17)4-5-23(21)36-26(22)24(15-31)35-20/h1-5,10-11,17,20,22,24,26,31H,6-9,12-15H2,(H,29,32)(H,30,33)/t20-,22+,24+,26-/m1/s1. The zero-order valence-corrected chi connectivity index (χ0v) is 20.0. The molecule has 3 aliphatic rings. The van der Waals surface area contributed by atoms with Crippen molar-refractivity contribution in [1.29, 1.82) is 0 Å². The first kappa shape index (κ1) is 24.7. The van der Waals surface area contributed by atoms with Crippen LogP contribution in [0.15, 0.2) is 42.5 Å². The number of benzene rings is 2. The van der Waals surface area contributed by atoms with E-state index in [1.165, 1.54) is 12.1 Å². The second-order valence-electron chi connectivity index (χ2n) is 9.64. The smallest absolute Gasteiger partial charge is 0.227 e. The van der Waals surface area contributed by atoms with Gasteiger partial charge in [-0.1, -0.05) is 12.1 Å². The number of aliphatic hydroxyl groups excluding tert-OH is 1. The Morgan fingerprint density at radius 3 is 2.72 bits per heavy atom. The molecular formula is C27H31FN2O6. The van der Waals surface area contributed by atoms with Gasteiger partial charge in [-0.25, -0.2) is 4.39 Å². The summed E-state index contributed by atoms with van der Waals surface area (Å²) in [7, 11) is 0. The number of hydrogen-bond acceptors (Lipinski definition) is 6. The number of aliphatic hydroxyl groups is 1. The van der Waals surface area contributed by atoms with Gasteiger partial charge in [0.15, 0.2) is 0 Å². The predicted molar refractivity (Wildman–Crippen MR) is 129 cm³/mol. The van der Waals surface area contributed by atoms with Crippen molar-refractivity contribution in [3.63, 3.8) is 0 Å². The Bertz CT molecular complexity index is 1110. The molecule has 3 N–H and O–H groups in total. The third kappa shape index (κ3) is 5.53. The third-order valence-electron chi connectivity index (χ3n) is 7.15. The highest BCUT2D eigenvalue weighted by molar-refractivity contribution is 5.92. The zero-order valence-electron chi connectivity index (χ0n) is 20.0. The van der Waals surface area contributed by atoms with Crippen LogP contribution in [0.5, 0.6) is 5.75 Å². The summed E-state index contributed by atoms with van der Waals surface area (Å²) in [5, 5.41) is 15.8. The molecule has 192 valence electrons. The van der Waals surface area contributed by atoms with E-state index in [9.17, 15) is 19.1 Å². The van der Waals surface area contributed by atoms with E-state index in [-0.39, 0.29) is 55.1 Å². The van der Waals surface area contributed by atoms with Crippen molar-refractivity contribution in [2.45, 2.75) is 56.5 Å². The first-order valence-corrected chi connectivity index (χ1v) is 12.5. The molecule has 2 aromatic rings. The number of rotatable bonds is 7. The van der Waals surface area contributed by atoms with Gasteiger partial charge in [-0.15, -0.1) is 0 Å². The van der Waals surface area contributed by atoms with Crippen molar-refractivity contribution >= 4 is 17.5 Å². The molecule has 2 fully saturated rings. The number of hydrogen-bond donors (Lipinski definition) is 3. The number of fused-ring (bicyclic) bond motifs is 3. The highest BCUT2D eigenvalue weighted by Gasteiger charge is 2.46. The molecule has 9 heteroatoms. The molecule has 5 rings (SSSR count). The van der Waals surface area contributed by atoms with Crippen LogP contribution in [0.1, 0.15) is 42.7 Å². The van der Waals surface area contributed by atoms with Gasteiger partial charge in [0.05, 0.1) is 19.1 Å². The second-order valence-corrected chi connectivity index (χ2v) is 9.64. The van der Waals surface area contributed by atoms with Crippen LogP contribution in [0.2, 0.25) is 0 Å². The fourth-order valence-electron chi connectivity index (χ4n) is 5.30. The molecule has 2 aromatic carbocycles. The van der Waals surface area contributed by atoms with E-state index in [1.54, 1.807) is 12.1 Å². The molecule has 0 spiro atoms. The SMILES string of the molecule is O=C(C[C@H]1C[C@H]2c3cc(NC(=O)C4CCOCC4)ccc3O[C@H]2[C@H](CO)O1)NCc1cccc(F)c1. The van der Waals surface area contributed by atoms with Crippen LogP contribution in [0, 0.1) is 11.7 Å². The highest BCUT2D eigenvalue weighted by Crippen LogP contribution is 2.47. The van der Waals surface area contributed by atoms with Gasteiger partial charge in [0.1, 0.15) is 23.8 Å². The van der Waals surface area contributed by atoms with E-state index in [0.717, 1.165) is 5.56 Å². The van der Waals surface area contributed by atoms with Crippen LogP contribution in [0.4, 0.5) is 10.1 Å². The summed E-state index contributed by atoms with van der Waals surface area (Å²) in [5.41, 5.74) is 2.32. The van der Waals surface area contributed by atoms with Crippen molar-refractivity contribution in [2.24, 2.45) is 5.92 Å². The van der Waals surface area contributed by atoms with Crippen molar-refractivity contribution in [2.75, 3.05) is 25.1 Å². The maximum Gasteiger partial charge on any atom is 0.227 e. The molecule has 0 saturated carbocycles. The number of anilines is 1. The second kappa shape index (κ2) is 10.9.